The number of methoxy groups -OCH3 is 1. The van der Waals surface area contributed by atoms with E-state index in [0.717, 1.165) is 62.0 Å². The Labute approximate surface area is 178 Å². The van der Waals surface area contributed by atoms with Crippen LogP contribution in [0.1, 0.15) is 67.8 Å². The molecule has 0 aliphatic carbocycles. The maximum atomic E-state index is 11.1. The van der Waals surface area contributed by atoms with E-state index in [1.165, 1.54) is 7.11 Å². The maximum absolute atomic E-state index is 11.1. The van der Waals surface area contributed by atoms with Crippen LogP contribution in [0.15, 0.2) is 60.7 Å². The molecule has 0 unspecified atom stereocenters. The Bertz CT molecular complexity index is 841. The van der Waals surface area contributed by atoms with E-state index in [2.05, 4.69) is 44.4 Å². The third-order valence-electron chi connectivity index (χ3n) is 5.21. The van der Waals surface area contributed by atoms with E-state index in [1.807, 2.05) is 36.4 Å². The van der Waals surface area contributed by atoms with Gasteiger partial charge in [-0.3, -0.25) is 4.79 Å². The number of unbranched alkanes of at least 4 members (excludes halogenated alkanes) is 5. The van der Waals surface area contributed by atoms with Crippen LogP contribution < -0.4 is 0 Å². The van der Waals surface area contributed by atoms with Gasteiger partial charge in [-0.1, -0.05) is 86.3 Å². The second-order valence-corrected chi connectivity index (χ2v) is 7.45. The van der Waals surface area contributed by atoms with Gasteiger partial charge >= 0.3 is 5.97 Å². The molecule has 6 nitrogen and oxygen atoms in total. The molecule has 0 saturated heterocycles. The molecule has 0 N–H and O–H groups in total. The van der Waals surface area contributed by atoms with Gasteiger partial charge in [0.15, 0.2) is 5.82 Å². The number of benzene rings is 2. The first kappa shape index (κ1) is 21.7. The number of ether oxygens (including phenoxy) is 1. The molecule has 0 saturated carbocycles. The quantitative estimate of drug-likeness (QED) is 0.320. The predicted octanol–water partition coefficient (Wildman–Crippen LogP) is 4.76. The summed E-state index contributed by atoms with van der Waals surface area (Å²) >= 11 is 0. The Morgan fingerprint density at radius 3 is 2.03 bits per heavy atom. The molecule has 158 valence electrons. The van der Waals surface area contributed by atoms with Gasteiger partial charge in [0.25, 0.3) is 0 Å². The molecular formula is C24H30N4O2. The number of esters is 1. The van der Waals surface area contributed by atoms with Gasteiger partial charge in [0, 0.05) is 6.42 Å². The van der Waals surface area contributed by atoms with Gasteiger partial charge < -0.3 is 4.74 Å². The zero-order valence-electron chi connectivity index (χ0n) is 17.6. The summed E-state index contributed by atoms with van der Waals surface area (Å²) < 4.78 is 4.66. The molecule has 0 bridgehead atoms. The highest BCUT2D eigenvalue weighted by Gasteiger charge is 2.21. The van der Waals surface area contributed by atoms with Crippen molar-refractivity contribution in [3.05, 3.63) is 77.6 Å². The average Bonchev–Trinajstić information content (AvgIpc) is 3.25. The van der Waals surface area contributed by atoms with Gasteiger partial charge in [0.2, 0.25) is 0 Å². The Kier molecular flexibility index (Phi) is 8.57. The fourth-order valence-corrected chi connectivity index (χ4v) is 3.58. The molecule has 0 atom stereocenters. The summed E-state index contributed by atoms with van der Waals surface area (Å²) in [5.41, 5.74) is 2.32. The highest BCUT2D eigenvalue weighted by molar-refractivity contribution is 5.68. The topological polar surface area (TPSA) is 69.9 Å². The summed E-state index contributed by atoms with van der Waals surface area (Å²) in [6, 6.07) is 20.6. The van der Waals surface area contributed by atoms with Gasteiger partial charge in [-0.2, -0.15) is 4.80 Å². The van der Waals surface area contributed by atoms with Crippen LogP contribution in [-0.4, -0.2) is 33.3 Å². The second-order valence-electron chi connectivity index (χ2n) is 7.45. The summed E-state index contributed by atoms with van der Waals surface area (Å²) in [4.78, 5) is 12.8. The van der Waals surface area contributed by atoms with Crippen molar-refractivity contribution < 1.29 is 9.53 Å². The summed E-state index contributed by atoms with van der Waals surface area (Å²) in [6.07, 6.45) is 6.92. The van der Waals surface area contributed by atoms with Gasteiger partial charge in [-0.05, 0) is 29.2 Å². The first-order chi connectivity index (χ1) is 14.8. The van der Waals surface area contributed by atoms with E-state index in [4.69, 9.17) is 0 Å². The lowest BCUT2D eigenvalue weighted by Gasteiger charge is -2.14. The van der Waals surface area contributed by atoms with Crippen LogP contribution in [0.2, 0.25) is 0 Å². The van der Waals surface area contributed by atoms with Crippen molar-refractivity contribution in [2.75, 3.05) is 7.11 Å². The molecule has 30 heavy (non-hydrogen) atoms. The molecule has 0 aliphatic rings. The lowest BCUT2D eigenvalue weighted by atomic mass is 9.91. The van der Waals surface area contributed by atoms with Crippen molar-refractivity contribution in [2.45, 2.75) is 57.4 Å². The standard InChI is InChI=1S/C24H30N4O2/c1-30-22(29)18-12-4-2-3-5-13-19-28-26-24(25-27-28)23(20-14-8-6-9-15-20)21-16-10-7-11-17-21/h6-11,14-17,23H,2-5,12-13,18-19H2,1H3. The number of carbonyl (C=O) groups excluding carboxylic acids is 1. The molecule has 6 heteroatoms. The van der Waals surface area contributed by atoms with E-state index in [0.29, 0.717) is 6.42 Å². The molecule has 3 rings (SSSR count). The number of hydrogen-bond acceptors (Lipinski definition) is 5. The number of nitrogens with zero attached hydrogens (tertiary/aromatic N) is 4. The van der Waals surface area contributed by atoms with Crippen LogP contribution in [0.5, 0.6) is 0 Å². The molecule has 0 amide bonds. The molecule has 0 spiro atoms. The molecule has 1 aromatic heterocycles. The van der Waals surface area contributed by atoms with Crippen molar-refractivity contribution >= 4 is 5.97 Å². The number of tetrazole rings is 1. The molecule has 1 heterocycles. The lowest BCUT2D eigenvalue weighted by molar-refractivity contribution is -0.140. The number of aromatic nitrogens is 4. The van der Waals surface area contributed by atoms with Crippen LogP contribution >= 0.6 is 0 Å². The predicted molar refractivity (Wildman–Crippen MR) is 116 cm³/mol. The molecule has 0 fully saturated rings. The molecule has 2 aromatic carbocycles. The monoisotopic (exact) mass is 406 g/mol. The van der Waals surface area contributed by atoms with Crippen LogP contribution in [0.25, 0.3) is 0 Å². The largest absolute Gasteiger partial charge is 0.469 e. The highest BCUT2D eigenvalue weighted by Crippen LogP contribution is 2.28. The Morgan fingerprint density at radius 1 is 0.867 bits per heavy atom. The smallest absolute Gasteiger partial charge is 0.305 e. The zero-order chi connectivity index (χ0) is 21.0. The Morgan fingerprint density at radius 2 is 1.43 bits per heavy atom. The Balaban J connectivity index is 1.50. The SMILES string of the molecule is COC(=O)CCCCCCCCn1nnc(C(c2ccccc2)c2ccccc2)n1. The van der Waals surface area contributed by atoms with Crippen molar-refractivity contribution in [3.8, 4) is 0 Å². The van der Waals surface area contributed by atoms with E-state index in [1.54, 1.807) is 4.80 Å². The minimum Gasteiger partial charge on any atom is -0.469 e. The highest BCUT2D eigenvalue weighted by atomic mass is 16.5. The third kappa shape index (κ3) is 6.51. The fourth-order valence-electron chi connectivity index (χ4n) is 3.58. The number of aryl methyl sites for hydroxylation is 1. The summed E-state index contributed by atoms with van der Waals surface area (Å²) in [7, 11) is 1.44. The van der Waals surface area contributed by atoms with Gasteiger partial charge in [-0.15, -0.1) is 10.2 Å². The van der Waals surface area contributed by atoms with Crippen LogP contribution in [0.4, 0.5) is 0 Å². The van der Waals surface area contributed by atoms with Gasteiger partial charge in [0.1, 0.15) is 0 Å². The third-order valence-corrected chi connectivity index (χ3v) is 5.21. The van der Waals surface area contributed by atoms with Crippen molar-refractivity contribution in [1.29, 1.82) is 0 Å². The van der Waals surface area contributed by atoms with E-state index in [-0.39, 0.29) is 11.9 Å². The zero-order valence-corrected chi connectivity index (χ0v) is 17.6. The summed E-state index contributed by atoms with van der Waals surface area (Å²) in [6.45, 7) is 0.769. The van der Waals surface area contributed by atoms with E-state index < -0.39 is 0 Å². The van der Waals surface area contributed by atoms with Crippen molar-refractivity contribution in [2.24, 2.45) is 0 Å². The number of carbonyl (C=O) groups is 1. The van der Waals surface area contributed by atoms with Gasteiger partial charge in [-0.25, -0.2) is 0 Å². The lowest BCUT2D eigenvalue weighted by Crippen LogP contribution is -2.07. The summed E-state index contributed by atoms with van der Waals surface area (Å²) in [5, 5.41) is 13.3. The first-order valence-electron chi connectivity index (χ1n) is 10.7. The molecule has 0 aliphatic heterocycles. The van der Waals surface area contributed by atoms with Crippen molar-refractivity contribution in [1.82, 2.24) is 20.2 Å². The maximum Gasteiger partial charge on any atom is 0.305 e. The normalized spacial score (nSPS) is 11.0. The van der Waals surface area contributed by atoms with E-state index >= 15 is 0 Å². The molecular weight excluding hydrogens is 376 g/mol. The molecule has 3 aromatic rings. The number of hydrogen-bond donors (Lipinski definition) is 0. The summed E-state index contributed by atoms with van der Waals surface area (Å²) in [5.74, 6) is 0.596. The average molecular weight is 407 g/mol. The first-order valence-corrected chi connectivity index (χ1v) is 10.7. The fraction of sp³-hybridized carbons (Fsp3) is 0.417. The number of rotatable bonds is 12. The van der Waals surface area contributed by atoms with Crippen LogP contribution in [0.3, 0.4) is 0 Å². The van der Waals surface area contributed by atoms with Gasteiger partial charge in [0.05, 0.1) is 19.6 Å². The minimum absolute atomic E-state index is 0.0176. The van der Waals surface area contributed by atoms with Crippen LogP contribution in [-0.2, 0) is 16.1 Å². The van der Waals surface area contributed by atoms with E-state index in [9.17, 15) is 4.79 Å². The van der Waals surface area contributed by atoms with Crippen LogP contribution in [0, 0.1) is 0 Å². The van der Waals surface area contributed by atoms with Crippen molar-refractivity contribution in [3.63, 3.8) is 0 Å². The molecule has 0 radical (unpaired) electrons. The minimum atomic E-state index is -0.118. The Hall–Kier alpha value is -3.02. The second kappa shape index (κ2) is 11.9.